The van der Waals surface area contributed by atoms with Gasteiger partial charge in [0.2, 0.25) is 0 Å². The second-order valence-corrected chi connectivity index (χ2v) is 8.55. The first-order valence-corrected chi connectivity index (χ1v) is 11.2. The van der Waals surface area contributed by atoms with Crippen molar-refractivity contribution in [2.24, 2.45) is 5.92 Å². The zero-order valence-electron chi connectivity index (χ0n) is 18.0. The predicted octanol–water partition coefficient (Wildman–Crippen LogP) is 4.82. The SMILES string of the molecule is Nc1nccn2c1c(-c1cccc(OCc3ccccc3)c1)nc2[C@H]1CC[C@H](CO)CC1. The minimum Gasteiger partial charge on any atom is -0.489 e. The number of aliphatic hydroxyl groups is 1. The van der Waals surface area contributed by atoms with Crippen molar-refractivity contribution in [3.8, 4) is 17.0 Å². The van der Waals surface area contributed by atoms with Crippen LogP contribution in [0.15, 0.2) is 67.0 Å². The Labute approximate surface area is 187 Å². The normalized spacial score (nSPS) is 18.7. The number of nitrogens with zero attached hydrogens (tertiary/aromatic N) is 3. The minimum atomic E-state index is 0.271. The molecule has 0 unspecified atom stereocenters. The van der Waals surface area contributed by atoms with E-state index >= 15 is 0 Å². The Morgan fingerprint density at radius 2 is 1.84 bits per heavy atom. The zero-order chi connectivity index (χ0) is 21.9. The van der Waals surface area contributed by atoms with Crippen molar-refractivity contribution in [2.75, 3.05) is 12.3 Å². The number of benzene rings is 2. The summed E-state index contributed by atoms with van der Waals surface area (Å²) < 4.78 is 8.13. The Kier molecular flexibility index (Phi) is 5.77. The van der Waals surface area contributed by atoms with Gasteiger partial charge in [-0.1, -0.05) is 42.5 Å². The summed E-state index contributed by atoms with van der Waals surface area (Å²) in [5.74, 6) is 3.04. The van der Waals surface area contributed by atoms with Gasteiger partial charge in [0.25, 0.3) is 0 Å². The zero-order valence-corrected chi connectivity index (χ0v) is 18.0. The van der Waals surface area contributed by atoms with E-state index in [1.807, 2.05) is 48.7 Å². The summed E-state index contributed by atoms with van der Waals surface area (Å²) in [5.41, 5.74) is 10.1. The molecule has 32 heavy (non-hydrogen) atoms. The summed E-state index contributed by atoms with van der Waals surface area (Å²) in [4.78, 5) is 9.41. The topological polar surface area (TPSA) is 85.7 Å². The largest absolute Gasteiger partial charge is 0.489 e. The average molecular weight is 429 g/mol. The lowest BCUT2D eigenvalue weighted by molar-refractivity contribution is 0.181. The molecule has 6 heteroatoms. The lowest BCUT2D eigenvalue weighted by Crippen LogP contribution is -2.17. The molecule has 2 aromatic heterocycles. The summed E-state index contributed by atoms with van der Waals surface area (Å²) in [7, 11) is 0. The second kappa shape index (κ2) is 9.01. The van der Waals surface area contributed by atoms with E-state index in [9.17, 15) is 5.11 Å². The van der Waals surface area contributed by atoms with Crippen LogP contribution in [0.3, 0.4) is 0 Å². The maximum absolute atomic E-state index is 9.49. The number of hydrogen-bond acceptors (Lipinski definition) is 5. The fourth-order valence-corrected chi connectivity index (χ4v) is 4.65. The molecule has 6 nitrogen and oxygen atoms in total. The van der Waals surface area contributed by atoms with Crippen LogP contribution >= 0.6 is 0 Å². The Morgan fingerprint density at radius 3 is 2.62 bits per heavy atom. The van der Waals surface area contributed by atoms with Crippen molar-refractivity contribution in [1.29, 1.82) is 0 Å². The molecule has 0 saturated heterocycles. The Bertz CT molecular complexity index is 1200. The summed E-state index contributed by atoms with van der Waals surface area (Å²) in [5, 5.41) is 9.49. The van der Waals surface area contributed by atoms with Gasteiger partial charge in [0, 0.05) is 30.5 Å². The molecule has 164 valence electrons. The van der Waals surface area contributed by atoms with Gasteiger partial charge >= 0.3 is 0 Å². The Balaban J connectivity index is 1.48. The van der Waals surface area contributed by atoms with E-state index in [2.05, 4.69) is 21.5 Å². The fraction of sp³-hybridized carbons (Fsp3) is 0.308. The van der Waals surface area contributed by atoms with Crippen LogP contribution in [0.5, 0.6) is 5.75 Å². The first-order chi connectivity index (χ1) is 15.7. The molecule has 1 aliphatic carbocycles. The van der Waals surface area contributed by atoms with E-state index in [4.69, 9.17) is 15.5 Å². The number of nitrogens with two attached hydrogens (primary N) is 1. The van der Waals surface area contributed by atoms with Gasteiger partial charge in [0.15, 0.2) is 0 Å². The number of rotatable bonds is 6. The summed E-state index contributed by atoms with van der Waals surface area (Å²) >= 11 is 0. The van der Waals surface area contributed by atoms with Crippen molar-refractivity contribution in [3.63, 3.8) is 0 Å². The van der Waals surface area contributed by atoms with Gasteiger partial charge in [-0.3, -0.25) is 4.40 Å². The van der Waals surface area contributed by atoms with Gasteiger partial charge in [-0.05, 0) is 49.3 Å². The molecular formula is C26H28N4O2. The molecule has 0 atom stereocenters. The molecule has 1 aliphatic rings. The van der Waals surface area contributed by atoms with Gasteiger partial charge in [0.1, 0.15) is 35.2 Å². The van der Waals surface area contributed by atoms with Crippen LogP contribution < -0.4 is 10.5 Å². The maximum atomic E-state index is 9.49. The molecule has 0 aliphatic heterocycles. The number of imidazole rings is 1. The van der Waals surface area contributed by atoms with Crippen LogP contribution in [0.2, 0.25) is 0 Å². The number of ether oxygens (including phenoxy) is 1. The number of aliphatic hydroxyl groups excluding tert-OH is 1. The van der Waals surface area contributed by atoms with Gasteiger partial charge in [-0.25, -0.2) is 9.97 Å². The molecule has 1 fully saturated rings. The summed E-state index contributed by atoms with van der Waals surface area (Å²) in [6.45, 7) is 0.782. The highest BCUT2D eigenvalue weighted by molar-refractivity contribution is 5.85. The Hall–Kier alpha value is -3.38. The molecule has 0 radical (unpaired) electrons. The molecule has 2 heterocycles. The first-order valence-electron chi connectivity index (χ1n) is 11.2. The molecule has 1 saturated carbocycles. The third kappa shape index (κ3) is 4.06. The number of hydrogen-bond donors (Lipinski definition) is 2. The highest BCUT2D eigenvalue weighted by Gasteiger charge is 2.27. The van der Waals surface area contributed by atoms with Crippen molar-refractivity contribution in [1.82, 2.24) is 14.4 Å². The van der Waals surface area contributed by atoms with E-state index in [0.717, 1.165) is 59.6 Å². The van der Waals surface area contributed by atoms with Gasteiger partial charge in [-0.15, -0.1) is 0 Å². The van der Waals surface area contributed by atoms with E-state index in [0.29, 0.717) is 24.3 Å². The van der Waals surface area contributed by atoms with Crippen LogP contribution in [0.25, 0.3) is 16.8 Å². The van der Waals surface area contributed by atoms with Crippen LogP contribution in [0.1, 0.15) is 43.0 Å². The average Bonchev–Trinajstić information content (AvgIpc) is 3.25. The quantitative estimate of drug-likeness (QED) is 0.460. The highest BCUT2D eigenvalue weighted by Crippen LogP contribution is 2.38. The molecule has 0 spiro atoms. The lowest BCUT2D eigenvalue weighted by atomic mass is 9.82. The van der Waals surface area contributed by atoms with E-state index < -0.39 is 0 Å². The van der Waals surface area contributed by atoms with Crippen LogP contribution in [-0.4, -0.2) is 26.1 Å². The van der Waals surface area contributed by atoms with E-state index in [1.165, 1.54) is 0 Å². The lowest BCUT2D eigenvalue weighted by Gasteiger charge is -2.26. The maximum Gasteiger partial charge on any atom is 0.150 e. The van der Waals surface area contributed by atoms with Crippen LogP contribution in [-0.2, 0) is 6.61 Å². The first kappa shape index (κ1) is 20.5. The fourth-order valence-electron chi connectivity index (χ4n) is 4.65. The standard InChI is InChI=1S/C26H28N4O2/c27-25-24-23(21-7-4-8-22(15-21)32-17-19-5-2-1-3-6-19)29-26(30(24)14-13-28-25)20-11-9-18(16-31)10-12-20/h1-8,13-15,18,20,31H,9-12,16-17H2,(H2,27,28)/t18-,20-. The highest BCUT2D eigenvalue weighted by atomic mass is 16.5. The molecular weight excluding hydrogens is 400 g/mol. The predicted molar refractivity (Wildman–Crippen MR) is 125 cm³/mol. The van der Waals surface area contributed by atoms with Crippen molar-refractivity contribution < 1.29 is 9.84 Å². The smallest absolute Gasteiger partial charge is 0.150 e. The van der Waals surface area contributed by atoms with Gasteiger partial charge in [-0.2, -0.15) is 0 Å². The molecule has 0 amide bonds. The van der Waals surface area contributed by atoms with E-state index in [1.54, 1.807) is 6.20 Å². The monoisotopic (exact) mass is 428 g/mol. The van der Waals surface area contributed by atoms with Crippen LogP contribution in [0, 0.1) is 5.92 Å². The number of anilines is 1. The molecule has 4 aromatic rings. The number of nitrogen functional groups attached to an aromatic ring is 1. The van der Waals surface area contributed by atoms with Crippen molar-refractivity contribution >= 4 is 11.3 Å². The molecule has 5 rings (SSSR count). The second-order valence-electron chi connectivity index (χ2n) is 8.55. The number of aromatic nitrogens is 3. The van der Waals surface area contributed by atoms with Crippen LogP contribution in [0.4, 0.5) is 5.82 Å². The van der Waals surface area contributed by atoms with E-state index in [-0.39, 0.29) is 6.61 Å². The third-order valence-electron chi connectivity index (χ3n) is 6.44. The Morgan fingerprint density at radius 1 is 1.03 bits per heavy atom. The minimum absolute atomic E-state index is 0.271. The summed E-state index contributed by atoms with van der Waals surface area (Å²) in [6.07, 6.45) is 7.77. The van der Waals surface area contributed by atoms with Gasteiger partial charge < -0.3 is 15.6 Å². The van der Waals surface area contributed by atoms with Crippen molar-refractivity contribution in [3.05, 3.63) is 78.4 Å². The van der Waals surface area contributed by atoms with Crippen molar-refractivity contribution in [2.45, 2.75) is 38.2 Å². The van der Waals surface area contributed by atoms with Gasteiger partial charge in [0.05, 0.1) is 0 Å². The molecule has 2 aromatic carbocycles. The summed E-state index contributed by atoms with van der Waals surface area (Å²) in [6, 6.07) is 18.1. The molecule has 0 bridgehead atoms. The number of fused-ring (bicyclic) bond motifs is 1. The molecule has 3 N–H and O–H groups in total. The third-order valence-corrected chi connectivity index (χ3v) is 6.44.